The van der Waals surface area contributed by atoms with Gasteiger partial charge < -0.3 is 49.0 Å². The number of nitrogens with zero attached hydrogens (tertiary/aromatic N) is 3. The molecule has 3 aromatic rings. The Bertz CT molecular complexity index is 2510. The predicted octanol–water partition coefficient (Wildman–Crippen LogP) is 5.53. The Morgan fingerprint density at radius 3 is 2.45 bits per heavy atom. The lowest BCUT2D eigenvalue weighted by Crippen LogP contribution is -2.82. The molecule has 1 saturated carbocycles. The molecule has 15 nitrogen and oxygen atoms in total. The van der Waals surface area contributed by atoms with Crippen molar-refractivity contribution in [2.75, 3.05) is 72.1 Å². The van der Waals surface area contributed by atoms with E-state index in [0.29, 0.717) is 88.2 Å². The van der Waals surface area contributed by atoms with Crippen molar-refractivity contribution in [3.05, 3.63) is 83.6 Å². The van der Waals surface area contributed by atoms with Gasteiger partial charge in [-0.3, -0.25) is 24.0 Å². The number of fused-ring (bicyclic) bond motifs is 6. The van der Waals surface area contributed by atoms with Crippen LogP contribution in [0.15, 0.2) is 61.2 Å². The van der Waals surface area contributed by atoms with Crippen molar-refractivity contribution < 1.29 is 48.0 Å². The predicted molar refractivity (Wildman–Crippen MR) is 256 cm³/mol. The summed E-state index contributed by atoms with van der Waals surface area (Å²) in [6.45, 7) is 14.5. The van der Waals surface area contributed by atoms with Crippen molar-refractivity contribution in [2.45, 2.75) is 119 Å². The average molecular weight is 944 g/mol. The number of nitrogens with one attached hydrogen (secondary N) is 2. The molecule has 2 aromatic carbocycles. The number of carbonyl (C=O) groups is 2. The van der Waals surface area contributed by atoms with Crippen LogP contribution in [0.25, 0.3) is 10.9 Å². The van der Waals surface area contributed by atoms with Crippen molar-refractivity contribution in [1.29, 1.82) is 0 Å². The zero-order valence-electron chi connectivity index (χ0n) is 40.2. The van der Waals surface area contributed by atoms with Crippen molar-refractivity contribution >= 4 is 36.1 Å². The second-order valence-corrected chi connectivity index (χ2v) is 22.2. The maximum atomic E-state index is 15.5. The van der Waals surface area contributed by atoms with Gasteiger partial charge in [-0.15, -0.1) is 6.58 Å². The number of carbonyl (C=O) groups excluding carboxylic acids is 2. The van der Waals surface area contributed by atoms with Gasteiger partial charge >= 0.3 is 13.6 Å². The lowest BCUT2D eigenvalue weighted by atomic mass is 9.47. The van der Waals surface area contributed by atoms with Gasteiger partial charge in [-0.1, -0.05) is 50.3 Å². The molecule has 67 heavy (non-hydrogen) atoms. The molecule has 1 spiro atoms. The summed E-state index contributed by atoms with van der Waals surface area (Å²) < 4.78 is 38.3. The monoisotopic (exact) mass is 943 g/mol. The fourth-order valence-corrected chi connectivity index (χ4v) is 16.1. The minimum absolute atomic E-state index is 0.0105. The summed E-state index contributed by atoms with van der Waals surface area (Å²) >= 11 is 0. The van der Waals surface area contributed by atoms with E-state index in [2.05, 4.69) is 38.8 Å². The number of rotatable bonds is 14. The molecule has 364 valence electrons. The highest BCUT2D eigenvalue weighted by Gasteiger charge is 2.79. The Morgan fingerprint density at radius 1 is 1.03 bits per heavy atom. The fourth-order valence-electron chi connectivity index (χ4n) is 14.3. The van der Waals surface area contributed by atoms with Gasteiger partial charge in [0.1, 0.15) is 23.1 Å². The number of H-pyrrole nitrogens is 1. The molecule has 2 saturated heterocycles. The number of likely N-dealkylation sites (N-methyl/N-ethyl adjacent to an activating group) is 1. The van der Waals surface area contributed by atoms with Crippen LogP contribution in [0.1, 0.15) is 88.6 Å². The van der Waals surface area contributed by atoms with Crippen molar-refractivity contribution in [2.24, 2.45) is 11.3 Å². The molecular weight excluding hydrogens is 874 g/mol. The molecule has 16 heteroatoms. The van der Waals surface area contributed by atoms with Gasteiger partial charge in [0.2, 0.25) is 0 Å². The summed E-state index contributed by atoms with van der Waals surface area (Å²) in [5, 5.41) is 42.7. The first-order valence-electron chi connectivity index (χ1n) is 24.3. The number of hydrogen-bond donors (Lipinski definition) is 5. The Kier molecular flexibility index (Phi) is 12.5. The summed E-state index contributed by atoms with van der Waals surface area (Å²) in [7, 11) is 0.843. The first kappa shape index (κ1) is 48.0. The summed E-state index contributed by atoms with van der Waals surface area (Å²) in [6.07, 6.45) is 6.77. The first-order valence-corrected chi connectivity index (χ1v) is 25.9. The summed E-state index contributed by atoms with van der Waals surface area (Å²) in [6, 6.07) is 10.7. The van der Waals surface area contributed by atoms with Crippen LogP contribution in [0.5, 0.6) is 5.75 Å². The highest BCUT2D eigenvalue weighted by atomic mass is 31.2. The summed E-state index contributed by atoms with van der Waals surface area (Å²) in [5.74, 6) is -2.29. The largest absolute Gasteiger partial charge is 0.496 e. The summed E-state index contributed by atoms with van der Waals surface area (Å²) in [5.41, 5.74) is -2.38. The maximum absolute atomic E-state index is 15.5. The zero-order chi connectivity index (χ0) is 47.9. The Labute approximate surface area is 394 Å². The number of ether oxygens (including phenoxy) is 2. The topological polar surface area (TPSA) is 186 Å². The van der Waals surface area contributed by atoms with Gasteiger partial charge in [0.05, 0.1) is 39.1 Å². The smallest absolute Gasteiger partial charge is 0.353 e. The van der Waals surface area contributed by atoms with E-state index in [1.807, 2.05) is 62.2 Å². The minimum atomic E-state index is -4.00. The molecule has 5 aliphatic heterocycles. The third-order valence-corrected chi connectivity index (χ3v) is 19.2. The molecule has 1 aromatic heterocycles. The van der Waals surface area contributed by atoms with E-state index in [0.717, 1.165) is 27.7 Å². The molecule has 1 amide bonds. The first-order chi connectivity index (χ1) is 32.1. The molecule has 2 bridgehead atoms. The second kappa shape index (κ2) is 17.4. The number of esters is 1. The Balaban J connectivity index is 1.31. The molecule has 3 fully saturated rings. The molecule has 2 unspecified atom stereocenters. The number of aromatic amines is 1. The maximum Gasteiger partial charge on any atom is 0.353 e. The van der Waals surface area contributed by atoms with E-state index >= 15 is 9.59 Å². The Morgan fingerprint density at radius 2 is 1.78 bits per heavy atom. The molecule has 11 atom stereocenters. The van der Waals surface area contributed by atoms with Crippen molar-refractivity contribution in [3.63, 3.8) is 0 Å². The van der Waals surface area contributed by atoms with Gasteiger partial charge in [-0.25, -0.2) is 0 Å². The van der Waals surface area contributed by atoms with Crippen LogP contribution >= 0.6 is 7.60 Å². The van der Waals surface area contributed by atoms with Crippen LogP contribution in [0.4, 0.5) is 5.69 Å². The van der Waals surface area contributed by atoms with Crippen LogP contribution < -0.4 is 15.0 Å². The van der Waals surface area contributed by atoms with E-state index in [-0.39, 0.29) is 31.6 Å². The normalized spacial score (nSPS) is 34.8. The number of methoxy groups -OCH3 is 2. The highest BCUT2D eigenvalue weighted by molar-refractivity contribution is 7.54. The molecular formula is C51H70N5O10P. The van der Waals surface area contributed by atoms with Crippen molar-refractivity contribution in [1.82, 2.24) is 20.1 Å². The van der Waals surface area contributed by atoms with Gasteiger partial charge in [0, 0.05) is 84.0 Å². The second-order valence-electron chi connectivity index (χ2n) is 20.0. The van der Waals surface area contributed by atoms with Crippen LogP contribution in [0.2, 0.25) is 0 Å². The van der Waals surface area contributed by atoms with E-state index in [1.54, 1.807) is 21.0 Å². The van der Waals surface area contributed by atoms with Crippen LogP contribution in [-0.2, 0) is 45.2 Å². The standard InChI is InChI=1S/C51H70N5O10P/c1-9-17-40(67(62,65-12-4)66-13-5)53-45(58)51(61)43-49(22-25-56-23-16-21-48(11-3,42(49)56)44(51)57)35-26-36(39(63-7)27-38(35)54(43)6)50(46(59)64-8)29-32-28-47(60,10-2)31-55(30-32)24-20-34-33-18-14-15-19-37(33)52-41(34)50/h9,14-16,18-19,21,26-27,32,40,42-44,52,57,60-61H,1,10-13,17,20,22-25,28-31H2,2-8H3,(H,53,58)/t32-,40?,42+,43-,44-,47+,48-,49-,50+,51+/m1/s1. The van der Waals surface area contributed by atoms with E-state index in [9.17, 15) is 19.9 Å². The lowest BCUT2D eigenvalue weighted by Gasteiger charge is -2.63. The lowest BCUT2D eigenvalue weighted by molar-refractivity contribution is -0.203. The third-order valence-electron chi connectivity index (χ3n) is 16.9. The van der Waals surface area contributed by atoms with Gasteiger partial charge in [-0.05, 0) is 94.5 Å². The third kappa shape index (κ3) is 6.80. The number of benzene rings is 2. The molecule has 6 heterocycles. The Hall–Kier alpha value is -4.05. The number of anilines is 1. The molecule has 5 N–H and O–H groups in total. The molecule has 1 aliphatic carbocycles. The van der Waals surface area contributed by atoms with E-state index < -0.39 is 64.8 Å². The van der Waals surface area contributed by atoms with Crippen LogP contribution in [0.3, 0.4) is 0 Å². The number of aromatic nitrogens is 1. The van der Waals surface area contributed by atoms with E-state index in [1.165, 1.54) is 13.2 Å². The molecule has 6 aliphatic rings. The fraction of sp³-hybridized carbons (Fsp3) is 0.608. The summed E-state index contributed by atoms with van der Waals surface area (Å²) in [4.78, 5) is 41.3. The van der Waals surface area contributed by atoms with Crippen LogP contribution in [0, 0.1) is 11.3 Å². The van der Waals surface area contributed by atoms with E-state index in [4.69, 9.17) is 18.5 Å². The zero-order valence-corrected chi connectivity index (χ0v) is 41.1. The number of aliphatic hydroxyl groups is 3. The highest BCUT2D eigenvalue weighted by Crippen LogP contribution is 2.68. The average Bonchev–Trinajstić information content (AvgIpc) is 3.98. The van der Waals surface area contributed by atoms with Gasteiger partial charge in [-0.2, -0.15) is 0 Å². The van der Waals surface area contributed by atoms with Crippen molar-refractivity contribution in [3.8, 4) is 5.75 Å². The van der Waals surface area contributed by atoms with Crippen LogP contribution in [-0.4, -0.2) is 144 Å². The number of amides is 1. The molecule has 0 radical (unpaired) electrons. The quantitative estimate of drug-likeness (QED) is 0.0773. The van der Waals surface area contributed by atoms with Gasteiger partial charge in [0.25, 0.3) is 5.91 Å². The SMILES string of the molecule is C=CCC(NC(=O)[C@@]1(O)[C@H](O)[C@]2(CC)C=CCN3CC[C@@]4(c5cc([C@@]6(C(=O)OC)C[C@@H]7CN(CCc8c6[nH]c6ccccc86)C[C@](O)(CC)C7)c(OC)cc5N(C)[C@@H]14)[C@@H]32)P(=O)(OCC)OCC. The number of aliphatic hydroxyl groups excluding tert-OH is 1. The van der Waals surface area contributed by atoms with Gasteiger partial charge in [0.15, 0.2) is 5.60 Å². The number of para-hydroxylation sites is 1. The number of piperidine rings is 1. The minimum Gasteiger partial charge on any atom is -0.496 e. The number of hydrogen-bond acceptors (Lipinski definition) is 13. The molecule has 9 rings (SSSR count).